The third-order valence-electron chi connectivity index (χ3n) is 3.79. The molecular weight excluding hydrogens is 264 g/mol. The lowest BCUT2D eigenvalue weighted by molar-refractivity contribution is 0.167. The SMILES string of the molecule is CCNCc1cc(OCC2CCOC2)c2ccccc2n1. The van der Waals surface area contributed by atoms with Crippen LogP contribution < -0.4 is 10.1 Å². The standard InChI is InChI=1S/C17H22N2O2/c1-2-18-10-14-9-17(21-12-13-7-8-20-11-13)15-5-3-4-6-16(15)19-14/h3-6,9,13,18H,2,7-8,10-12H2,1H3. The van der Waals surface area contributed by atoms with E-state index < -0.39 is 0 Å². The molecule has 4 nitrogen and oxygen atoms in total. The van der Waals surface area contributed by atoms with Crippen molar-refractivity contribution in [3.05, 3.63) is 36.0 Å². The molecule has 4 heteroatoms. The lowest BCUT2D eigenvalue weighted by atomic mass is 10.1. The molecule has 1 aliphatic rings. The second kappa shape index (κ2) is 6.87. The Morgan fingerprint density at radius 2 is 2.29 bits per heavy atom. The molecule has 2 aromatic rings. The molecule has 2 heterocycles. The van der Waals surface area contributed by atoms with Crippen LogP contribution in [0.1, 0.15) is 19.0 Å². The van der Waals surface area contributed by atoms with E-state index in [9.17, 15) is 0 Å². The maximum Gasteiger partial charge on any atom is 0.130 e. The molecule has 1 aromatic heterocycles. The summed E-state index contributed by atoms with van der Waals surface area (Å²) in [7, 11) is 0. The molecule has 1 fully saturated rings. The van der Waals surface area contributed by atoms with Gasteiger partial charge < -0.3 is 14.8 Å². The fourth-order valence-electron chi connectivity index (χ4n) is 2.58. The minimum atomic E-state index is 0.508. The van der Waals surface area contributed by atoms with Crippen LogP contribution >= 0.6 is 0 Å². The summed E-state index contributed by atoms with van der Waals surface area (Å²) in [5, 5.41) is 4.40. The van der Waals surface area contributed by atoms with E-state index in [1.165, 1.54) is 0 Å². The van der Waals surface area contributed by atoms with Crippen molar-refractivity contribution >= 4 is 10.9 Å². The Labute approximate surface area is 125 Å². The minimum Gasteiger partial charge on any atom is -0.492 e. The molecule has 0 radical (unpaired) electrons. The number of rotatable bonds is 6. The fourth-order valence-corrected chi connectivity index (χ4v) is 2.58. The summed E-state index contributed by atoms with van der Waals surface area (Å²) in [6.45, 7) is 6.19. The van der Waals surface area contributed by atoms with Gasteiger partial charge in [0.1, 0.15) is 5.75 Å². The first kappa shape index (κ1) is 14.3. The van der Waals surface area contributed by atoms with E-state index in [0.717, 1.165) is 55.1 Å². The van der Waals surface area contributed by atoms with Crippen LogP contribution in [-0.4, -0.2) is 31.3 Å². The molecular formula is C17H22N2O2. The van der Waals surface area contributed by atoms with Gasteiger partial charge in [0.2, 0.25) is 0 Å². The fraction of sp³-hybridized carbons (Fsp3) is 0.471. The highest BCUT2D eigenvalue weighted by Crippen LogP contribution is 2.26. The number of fused-ring (bicyclic) bond motifs is 1. The number of nitrogens with one attached hydrogen (secondary N) is 1. The van der Waals surface area contributed by atoms with Crippen LogP contribution in [0.25, 0.3) is 10.9 Å². The minimum absolute atomic E-state index is 0.508. The summed E-state index contributed by atoms with van der Waals surface area (Å²) in [6, 6.07) is 10.2. The Hall–Kier alpha value is -1.65. The van der Waals surface area contributed by atoms with Crippen LogP contribution in [0, 0.1) is 5.92 Å². The van der Waals surface area contributed by atoms with Gasteiger partial charge in [-0.25, -0.2) is 0 Å². The van der Waals surface area contributed by atoms with Gasteiger partial charge >= 0.3 is 0 Å². The summed E-state index contributed by atoms with van der Waals surface area (Å²) in [4.78, 5) is 4.69. The molecule has 3 rings (SSSR count). The van der Waals surface area contributed by atoms with Crippen molar-refractivity contribution in [2.24, 2.45) is 5.92 Å². The van der Waals surface area contributed by atoms with Crippen molar-refractivity contribution < 1.29 is 9.47 Å². The highest BCUT2D eigenvalue weighted by molar-refractivity contribution is 5.85. The average Bonchev–Trinajstić information content (AvgIpc) is 3.04. The zero-order valence-corrected chi connectivity index (χ0v) is 12.5. The monoisotopic (exact) mass is 286 g/mol. The first-order valence-electron chi connectivity index (χ1n) is 7.66. The molecule has 1 unspecified atom stereocenters. The molecule has 0 aliphatic carbocycles. The van der Waals surface area contributed by atoms with Gasteiger partial charge in [-0.2, -0.15) is 0 Å². The number of para-hydroxylation sites is 1. The zero-order valence-electron chi connectivity index (χ0n) is 12.5. The van der Waals surface area contributed by atoms with Crippen molar-refractivity contribution in [1.82, 2.24) is 10.3 Å². The molecule has 1 saturated heterocycles. The van der Waals surface area contributed by atoms with Crippen molar-refractivity contribution in [3.8, 4) is 5.75 Å². The maximum absolute atomic E-state index is 6.08. The predicted molar refractivity (Wildman–Crippen MR) is 83.5 cm³/mol. The van der Waals surface area contributed by atoms with E-state index >= 15 is 0 Å². The predicted octanol–water partition coefficient (Wildman–Crippen LogP) is 2.76. The number of hydrogen-bond acceptors (Lipinski definition) is 4. The van der Waals surface area contributed by atoms with Crippen molar-refractivity contribution in [3.63, 3.8) is 0 Å². The number of ether oxygens (including phenoxy) is 2. The maximum atomic E-state index is 6.08. The van der Waals surface area contributed by atoms with Crippen LogP contribution in [-0.2, 0) is 11.3 Å². The van der Waals surface area contributed by atoms with Crippen LogP contribution in [0.5, 0.6) is 5.75 Å². The van der Waals surface area contributed by atoms with Gasteiger partial charge in [0.15, 0.2) is 0 Å². The quantitative estimate of drug-likeness (QED) is 0.887. The van der Waals surface area contributed by atoms with E-state index in [1.54, 1.807) is 0 Å². The largest absolute Gasteiger partial charge is 0.492 e. The van der Waals surface area contributed by atoms with Crippen LogP contribution in [0.15, 0.2) is 30.3 Å². The highest BCUT2D eigenvalue weighted by Gasteiger charge is 2.17. The topological polar surface area (TPSA) is 43.4 Å². The van der Waals surface area contributed by atoms with Gasteiger partial charge in [0, 0.05) is 30.5 Å². The average molecular weight is 286 g/mol. The summed E-state index contributed by atoms with van der Waals surface area (Å²) >= 11 is 0. The first-order chi connectivity index (χ1) is 10.4. The lowest BCUT2D eigenvalue weighted by Crippen LogP contribution is -2.14. The van der Waals surface area contributed by atoms with Crippen molar-refractivity contribution in [2.75, 3.05) is 26.4 Å². The van der Waals surface area contributed by atoms with Crippen LogP contribution in [0.2, 0.25) is 0 Å². The number of hydrogen-bond donors (Lipinski definition) is 1. The number of nitrogens with zero attached hydrogens (tertiary/aromatic N) is 1. The third kappa shape index (κ3) is 3.52. The Balaban J connectivity index is 1.82. The molecule has 0 spiro atoms. The van der Waals surface area contributed by atoms with E-state index in [2.05, 4.69) is 29.4 Å². The molecule has 0 bridgehead atoms. The number of pyridine rings is 1. The molecule has 1 atom stereocenters. The summed E-state index contributed by atoms with van der Waals surface area (Å²) in [5.74, 6) is 1.44. The van der Waals surface area contributed by atoms with Gasteiger partial charge in [0.05, 0.1) is 24.4 Å². The van der Waals surface area contributed by atoms with Gasteiger partial charge in [-0.15, -0.1) is 0 Å². The van der Waals surface area contributed by atoms with Gasteiger partial charge in [0.25, 0.3) is 0 Å². The highest BCUT2D eigenvalue weighted by atomic mass is 16.5. The Kier molecular flexibility index (Phi) is 4.68. The van der Waals surface area contributed by atoms with E-state index in [4.69, 9.17) is 9.47 Å². The molecule has 1 aliphatic heterocycles. The Morgan fingerprint density at radius 1 is 1.38 bits per heavy atom. The molecule has 1 N–H and O–H groups in total. The number of aromatic nitrogens is 1. The molecule has 0 amide bonds. The van der Waals surface area contributed by atoms with Gasteiger partial charge in [-0.05, 0) is 25.1 Å². The summed E-state index contributed by atoms with van der Waals surface area (Å²) in [5.41, 5.74) is 2.01. The van der Waals surface area contributed by atoms with Crippen LogP contribution in [0.4, 0.5) is 0 Å². The Bertz CT molecular complexity index is 594. The van der Waals surface area contributed by atoms with E-state index in [0.29, 0.717) is 12.5 Å². The van der Waals surface area contributed by atoms with E-state index in [-0.39, 0.29) is 0 Å². The molecule has 1 aromatic carbocycles. The van der Waals surface area contributed by atoms with E-state index in [1.807, 2.05) is 18.2 Å². The van der Waals surface area contributed by atoms with Crippen LogP contribution in [0.3, 0.4) is 0 Å². The van der Waals surface area contributed by atoms with Crippen molar-refractivity contribution in [1.29, 1.82) is 0 Å². The second-order valence-electron chi connectivity index (χ2n) is 5.45. The smallest absolute Gasteiger partial charge is 0.130 e. The molecule has 0 saturated carbocycles. The van der Waals surface area contributed by atoms with Gasteiger partial charge in [-0.1, -0.05) is 19.1 Å². The van der Waals surface area contributed by atoms with Crippen molar-refractivity contribution in [2.45, 2.75) is 19.9 Å². The Morgan fingerprint density at radius 3 is 3.10 bits per heavy atom. The lowest BCUT2D eigenvalue weighted by Gasteiger charge is -2.14. The number of benzene rings is 1. The van der Waals surface area contributed by atoms with Gasteiger partial charge in [-0.3, -0.25) is 4.98 Å². The second-order valence-corrected chi connectivity index (χ2v) is 5.45. The summed E-state index contributed by atoms with van der Waals surface area (Å²) < 4.78 is 11.5. The third-order valence-corrected chi connectivity index (χ3v) is 3.79. The zero-order chi connectivity index (χ0) is 14.5. The molecule has 21 heavy (non-hydrogen) atoms. The normalized spacial score (nSPS) is 18.2. The molecule has 112 valence electrons. The first-order valence-corrected chi connectivity index (χ1v) is 7.66. The summed E-state index contributed by atoms with van der Waals surface area (Å²) in [6.07, 6.45) is 1.09.